The van der Waals surface area contributed by atoms with Crippen molar-refractivity contribution in [2.75, 3.05) is 22.9 Å². The van der Waals surface area contributed by atoms with Gasteiger partial charge in [-0.05, 0) is 43.3 Å². The Morgan fingerprint density at radius 2 is 1.85 bits per heavy atom. The van der Waals surface area contributed by atoms with E-state index in [0.717, 1.165) is 6.26 Å². The van der Waals surface area contributed by atoms with E-state index in [1.54, 1.807) is 19.1 Å². The van der Waals surface area contributed by atoms with Crippen molar-refractivity contribution in [2.45, 2.75) is 6.92 Å². The van der Waals surface area contributed by atoms with Crippen LogP contribution in [0.5, 0.6) is 0 Å². The largest absolute Gasteiger partial charge is 0.462 e. The molecule has 2 rings (SSSR count). The lowest BCUT2D eigenvalue weighted by Crippen LogP contribution is -2.14. The molecule has 0 bridgehead atoms. The van der Waals surface area contributed by atoms with Crippen molar-refractivity contribution in [2.24, 2.45) is 0 Å². The van der Waals surface area contributed by atoms with Gasteiger partial charge in [-0.25, -0.2) is 13.2 Å². The first-order valence-electron chi connectivity index (χ1n) is 7.55. The van der Waals surface area contributed by atoms with E-state index in [0.29, 0.717) is 5.69 Å². The van der Waals surface area contributed by atoms with Crippen molar-refractivity contribution in [3.05, 3.63) is 58.6 Å². The van der Waals surface area contributed by atoms with Gasteiger partial charge in [-0.1, -0.05) is 17.7 Å². The molecule has 9 heteroatoms. The van der Waals surface area contributed by atoms with Crippen LogP contribution in [-0.4, -0.2) is 33.2 Å². The van der Waals surface area contributed by atoms with E-state index in [4.69, 9.17) is 16.3 Å². The van der Waals surface area contributed by atoms with Crippen LogP contribution in [0.25, 0.3) is 0 Å². The third-order valence-corrected chi connectivity index (χ3v) is 4.08. The summed E-state index contributed by atoms with van der Waals surface area (Å²) in [4.78, 5) is 24.3. The van der Waals surface area contributed by atoms with Crippen LogP contribution < -0.4 is 10.0 Å². The molecule has 26 heavy (non-hydrogen) atoms. The number of rotatable bonds is 6. The topological polar surface area (TPSA) is 102 Å². The van der Waals surface area contributed by atoms with Crippen molar-refractivity contribution in [1.29, 1.82) is 0 Å². The predicted molar refractivity (Wildman–Crippen MR) is 100 cm³/mol. The highest BCUT2D eigenvalue weighted by Gasteiger charge is 2.14. The minimum Gasteiger partial charge on any atom is -0.462 e. The number of hydrogen-bond donors (Lipinski definition) is 2. The molecule has 0 aliphatic carbocycles. The highest BCUT2D eigenvalue weighted by Crippen LogP contribution is 2.22. The van der Waals surface area contributed by atoms with Gasteiger partial charge < -0.3 is 10.1 Å². The maximum Gasteiger partial charge on any atom is 0.339 e. The first kappa shape index (κ1) is 19.7. The van der Waals surface area contributed by atoms with E-state index in [-0.39, 0.29) is 28.4 Å². The molecule has 2 aromatic carbocycles. The lowest BCUT2D eigenvalue weighted by molar-refractivity contribution is 0.0526. The maximum atomic E-state index is 12.4. The molecule has 0 heterocycles. The Kier molecular flexibility index (Phi) is 6.23. The summed E-state index contributed by atoms with van der Waals surface area (Å²) in [5, 5.41) is 2.84. The number of benzene rings is 2. The molecule has 0 unspecified atom stereocenters. The van der Waals surface area contributed by atoms with Crippen LogP contribution in [0.3, 0.4) is 0 Å². The highest BCUT2D eigenvalue weighted by atomic mass is 35.5. The minimum atomic E-state index is -3.45. The first-order valence-corrected chi connectivity index (χ1v) is 9.82. The van der Waals surface area contributed by atoms with Gasteiger partial charge in [0.15, 0.2) is 0 Å². The lowest BCUT2D eigenvalue weighted by atomic mass is 10.1. The number of hydrogen-bond acceptors (Lipinski definition) is 5. The highest BCUT2D eigenvalue weighted by molar-refractivity contribution is 7.92. The molecule has 0 aliphatic heterocycles. The SMILES string of the molecule is CCOC(=O)c1cc(NC(=O)c2cccc(NS(C)(=O)=O)c2)ccc1Cl. The number of anilines is 2. The number of carbonyl (C=O) groups is 2. The van der Waals surface area contributed by atoms with Crippen LogP contribution in [0.15, 0.2) is 42.5 Å². The van der Waals surface area contributed by atoms with E-state index >= 15 is 0 Å². The molecule has 1 amide bonds. The predicted octanol–water partition coefficient (Wildman–Crippen LogP) is 3.14. The average molecular weight is 397 g/mol. The number of carbonyl (C=O) groups excluding carboxylic acids is 2. The van der Waals surface area contributed by atoms with Crippen molar-refractivity contribution in [3.63, 3.8) is 0 Å². The lowest BCUT2D eigenvalue weighted by Gasteiger charge is -2.10. The molecule has 0 spiro atoms. The van der Waals surface area contributed by atoms with Gasteiger partial charge in [0.1, 0.15) is 0 Å². The number of nitrogens with one attached hydrogen (secondary N) is 2. The summed E-state index contributed by atoms with van der Waals surface area (Å²) in [6.45, 7) is 1.88. The van der Waals surface area contributed by atoms with Crippen LogP contribution in [-0.2, 0) is 14.8 Å². The van der Waals surface area contributed by atoms with Gasteiger partial charge in [0.05, 0.1) is 23.4 Å². The summed E-state index contributed by atoms with van der Waals surface area (Å²) in [6, 6.07) is 10.4. The van der Waals surface area contributed by atoms with Gasteiger partial charge in [0, 0.05) is 16.9 Å². The second-order valence-corrected chi connectivity index (χ2v) is 7.48. The Hall–Kier alpha value is -2.58. The number of sulfonamides is 1. The zero-order chi connectivity index (χ0) is 19.3. The summed E-state index contributed by atoms with van der Waals surface area (Å²) in [5.74, 6) is -1.06. The van der Waals surface area contributed by atoms with E-state index in [2.05, 4.69) is 10.0 Å². The zero-order valence-electron chi connectivity index (χ0n) is 14.1. The number of amides is 1. The molecule has 0 saturated carbocycles. The van der Waals surface area contributed by atoms with E-state index < -0.39 is 21.9 Å². The summed E-state index contributed by atoms with van der Waals surface area (Å²) in [6.07, 6.45) is 1.02. The molecule has 7 nitrogen and oxygen atoms in total. The normalized spacial score (nSPS) is 10.9. The van der Waals surface area contributed by atoms with Crippen LogP contribution >= 0.6 is 11.6 Å². The third-order valence-electron chi connectivity index (χ3n) is 3.15. The summed E-state index contributed by atoms with van der Waals surface area (Å²) < 4.78 is 29.8. The molecule has 0 atom stereocenters. The zero-order valence-corrected chi connectivity index (χ0v) is 15.6. The van der Waals surface area contributed by atoms with Gasteiger partial charge in [-0.15, -0.1) is 0 Å². The molecule has 0 aromatic heterocycles. The quantitative estimate of drug-likeness (QED) is 0.730. The molecule has 2 N–H and O–H groups in total. The van der Waals surface area contributed by atoms with E-state index in [1.165, 1.54) is 30.3 Å². The molecule has 2 aromatic rings. The van der Waals surface area contributed by atoms with Gasteiger partial charge in [-0.2, -0.15) is 0 Å². The van der Waals surface area contributed by atoms with Gasteiger partial charge >= 0.3 is 5.97 Å². The number of halogens is 1. The van der Waals surface area contributed by atoms with Crippen LogP contribution in [0.1, 0.15) is 27.6 Å². The molecular weight excluding hydrogens is 380 g/mol. The van der Waals surface area contributed by atoms with Crippen LogP contribution in [0.4, 0.5) is 11.4 Å². The summed E-state index contributed by atoms with van der Waals surface area (Å²) in [5.41, 5.74) is 0.998. The molecular formula is C17H17ClN2O5S. The standard InChI is InChI=1S/C17H17ClN2O5S/c1-3-25-17(22)14-10-12(7-8-15(14)18)19-16(21)11-5-4-6-13(9-11)20-26(2,23)24/h4-10,20H,3H2,1-2H3,(H,19,21). The maximum absolute atomic E-state index is 12.4. The molecule has 0 radical (unpaired) electrons. The molecule has 138 valence electrons. The van der Waals surface area contributed by atoms with Gasteiger partial charge in [0.25, 0.3) is 5.91 Å². The number of esters is 1. The Labute approximate surface area is 156 Å². The minimum absolute atomic E-state index is 0.138. The van der Waals surface area contributed by atoms with Crippen molar-refractivity contribution in [3.8, 4) is 0 Å². The second kappa shape index (κ2) is 8.20. The van der Waals surface area contributed by atoms with Crippen molar-refractivity contribution < 1.29 is 22.7 Å². The third kappa shape index (κ3) is 5.47. The van der Waals surface area contributed by atoms with Crippen LogP contribution in [0, 0.1) is 0 Å². The summed E-state index contributed by atoms with van der Waals surface area (Å²) >= 11 is 5.98. The monoisotopic (exact) mass is 396 g/mol. The van der Waals surface area contributed by atoms with E-state index in [9.17, 15) is 18.0 Å². The Morgan fingerprint density at radius 1 is 1.12 bits per heavy atom. The first-order chi connectivity index (χ1) is 12.2. The molecule has 0 fully saturated rings. The van der Waals surface area contributed by atoms with Gasteiger partial charge in [0.2, 0.25) is 10.0 Å². The number of ether oxygens (including phenoxy) is 1. The molecule has 0 saturated heterocycles. The van der Waals surface area contributed by atoms with Crippen LogP contribution in [0.2, 0.25) is 5.02 Å². The Morgan fingerprint density at radius 3 is 2.50 bits per heavy atom. The fourth-order valence-corrected chi connectivity index (χ4v) is 2.86. The van der Waals surface area contributed by atoms with Crippen molar-refractivity contribution in [1.82, 2.24) is 0 Å². The summed E-state index contributed by atoms with van der Waals surface area (Å²) in [7, 11) is -3.45. The Balaban J connectivity index is 2.21. The van der Waals surface area contributed by atoms with Crippen molar-refractivity contribution >= 4 is 44.9 Å². The second-order valence-electron chi connectivity index (χ2n) is 5.32. The van der Waals surface area contributed by atoms with Gasteiger partial charge in [-0.3, -0.25) is 9.52 Å². The average Bonchev–Trinajstić information content (AvgIpc) is 2.55. The fraction of sp³-hybridized carbons (Fsp3) is 0.176. The fourth-order valence-electron chi connectivity index (χ4n) is 2.11. The van der Waals surface area contributed by atoms with E-state index in [1.807, 2.05) is 0 Å². The smallest absolute Gasteiger partial charge is 0.339 e. The Bertz CT molecular complexity index is 944. The molecule has 0 aliphatic rings.